The second-order valence-corrected chi connectivity index (χ2v) is 4.95. The minimum Gasteiger partial charge on any atom is -0.354 e. The fourth-order valence-corrected chi connectivity index (χ4v) is 2.66. The zero-order chi connectivity index (χ0) is 12.1. The van der Waals surface area contributed by atoms with Gasteiger partial charge in [0.05, 0.1) is 0 Å². The summed E-state index contributed by atoms with van der Waals surface area (Å²) in [5, 5.41) is 0. The quantitative estimate of drug-likeness (QED) is 0.869. The summed E-state index contributed by atoms with van der Waals surface area (Å²) in [5.74, 6) is 1.12. The van der Waals surface area contributed by atoms with E-state index in [4.69, 9.17) is 5.73 Å². The van der Waals surface area contributed by atoms with Crippen LogP contribution in [0.15, 0.2) is 24.4 Å². The standard InChI is InChI=1S/C14H23N3/c1-2-11-17(14-5-3-4-10-16-14)13-8-6-12(15)7-9-13/h3-5,10,12-13H,2,6-9,11,15H2,1H3. The molecule has 0 amide bonds. The number of hydrogen-bond acceptors (Lipinski definition) is 3. The molecule has 1 aromatic rings. The van der Waals surface area contributed by atoms with E-state index >= 15 is 0 Å². The highest BCUT2D eigenvalue weighted by molar-refractivity contribution is 5.39. The minimum absolute atomic E-state index is 0.415. The normalized spacial score (nSPS) is 24.6. The lowest BCUT2D eigenvalue weighted by Gasteiger charge is -2.36. The average Bonchev–Trinajstić information content (AvgIpc) is 2.38. The number of nitrogens with two attached hydrogens (primary N) is 1. The largest absolute Gasteiger partial charge is 0.354 e. The SMILES string of the molecule is CCCN(c1ccccn1)C1CCC(N)CC1. The number of anilines is 1. The molecule has 94 valence electrons. The first kappa shape index (κ1) is 12.4. The molecule has 1 saturated carbocycles. The average molecular weight is 233 g/mol. The van der Waals surface area contributed by atoms with Crippen LogP contribution in [0, 0.1) is 0 Å². The Labute approximate surface area is 104 Å². The van der Waals surface area contributed by atoms with E-state index in [1.165, 1.54) is 19.3 Å². The second kappa shape index (κ2) is 6.01. The van der Waals surface area contributed by atoms with Gasteiger partial charge < -0.3 is 10.6 Å². The van der Waals surface area contributed by atoms with E-state index in [-0.39, 0.29) is 0 Å². The fraction of sp³-hybridized carbons (Fsp3) is 0.643. The molecule has 2 N–H and O–H groups in total. The van der Waals surface area contributed by atoms with Crippen LogP contribution in [0.3, 0.4) is 0 Å². The van der Waals surface area contributed by atoms with E-state index in [0.29, 0.717) is 12.1 Å². The van der Waals surface area contributed by atoms with Gasteiger partial charge >= 0.3 is 0 Å². The molecule has 3 nitrogen and oxygen atoms in total. The first-order valence-corrected chi connectivity index (χ1v) is 6.74. The summed E-state index contributed by atoms with van der Waals surface area (Å²) < 4.78 is 0. The van der Waals surface area contributed by atoms with Crippen molar-refractivity contribution in [3.8, 4) is 0 Å². The molecule has 0 unspecified atom stereocenters. The summed E-state index contributed by atoms with van der Waals surface area (Å²) in [6, 6.07) is 7.21. The highest BCUT2D eigenvalue weighted by Crippen LogP contribution is 2.25. The van der Waals surface area contributed by atoms with E-state index in [1.807, 2.05) is 12.3 Å². The van der Waals surface area contributed by atoms with E-state index < -0.39 is 0 Å². The van der Waals surface area contributed by atoms with Gasteiger partial charge in [-0.25, -0.2) is 4.98 Å². The van der Waals surface area contributed by atoms with Gasteiger partial charge in [0, 0.05) is 24.8 Å². The van der Waals surface area contributed by atoms with Crippen molar-refractivity contribution in [3.63, 3.8) is 0 Å². The van der Waals surface area contributed by atoms with Crippen LogP contribution in [0.2, 0.25) is 0 Å². The van der Waals surface area contributed by atoms with Gasteiger partial charge in [-0.3, -0.25) is 0 Å². The Morgan fingerprint density at radius 3 is 2.65 bits per heavy atom. The summed E-state index contributed by atoms with van der Waals surface area (Å²) in [4.78, 5) is 6.95. The number of rotatable bonds is 4. The first-order chi connectivity index (χ1) is 8.31. The van der Waals surface area contributed by atoms with Crippen molar-refractivity contribution in [3.05, 3.63) is 24.4 Å². The van der Waals surface area contributed by atoms with E-state index in [2.05, 4.69) is 28.9 Å². The zero-order valence-electron chi connectivity index (χ0n) is 10.7. The van der Waals surface area contributed by atoms with Gasteiger partial charge in [0.2, 0.25) is 0 Å². The molecule has 0 saturated heterocycles. The van der Waals surface area contributed by atoms with Gasteiger partial charge in [0.1, 0.15) is 5.82 Å². The zero-order valence-corrected chi connectivity index (χ0v) is 10.7. The van der Waals surface area contributed by atoms with Crippen LogP contribution in [0.25, 0.3) is 0 Å². The van der Waals surface area contributed by atoms with Crippen LogP contribution < -0.4 is 10.6 Å². The van der Waals surface area contributed by atoms with Crippen LogP contribution in [-0.4, -0.2) is 23.6 Å². The lowest BCUT2D eigenvalue weighted by atomic mass is 9.90. The smallest absolute Gasteiger partial charge is 0.128 e. The third-order valence-corrected chi connectivity index (χ3v) is 3.59. The maximum absolute atomic E-state index is 5.98. The summed E-state index contributed by atoms with van der Waals surface area (Å²) in [7, 11) is 0. The summed E-state index contributed by atoms with van der Waals surface area (Å²) in [6.07, 6.45) is 7.76. The molecule has 0 spiro atoms. The molecule has 2 rings (SSSR count). The topological polar surface area (TPSA) is 42.2 Å². The summed E-state index contributed by atoms with van der Waals surface area (Å²) >= 11 is 0. The summed E-state index contributed by atoms with van der Waals surface area (Å²) in [5.41, 5.74) is 5.98. The second-order valence-electron chi connectivity index (χ2n) is 4.95. The molecular weight excluding hydrogens is 210 g/mol. The van der Waals surface area contributed by atoms with Crippen molar-refractivity contribution < 1.29 is 0 Å². The third-order valence-electron chi connectivity index (χ3n) is 3.59. The van der Waals surface area contributed by atoms with Crippen LogP contribution in [0.1, 0.15) is 39.0 Å². The molecule has 17 heavy (non-hydrogen) atoms. The van der Waals surface area contributed by atoms with Crippen LogP contribution in [0.5, 0.6) is 0 Å². The molecule has 3 heteroatoms. The Hall–Kier alpha value is -1.09. The van der Waals surface area contributed by atoms with Crippen LogP contribution in [0.4, 0.5) is 5.82 Å². The number of hydrogen-bond donors (Lipinski definition) is 1. The van der Waals surface area contributed by atoms with Crippen molar-refractivity contribution in [2.75, 3.05) is 11.4 Å². The van der Waals surface area contributed by atoms with Crippen molar-refractivity contribution in [1.29, 1.82) is 0 Å². The monoisotopic (exact) mass is 233 g/mol. The molecule has 0 aromatic carbocycles. The Bertz CT molecular complexity index is 317. The Kier molecular flexibility index (Phi) is 4.37. The van der Waals surface area contributed by atoms with E-state index in [0.717, 1.165) is 25.2 Å². The molecule has 1 aliphatic carbocycles. The highest BCUT2D eigenvalue weighted by Gasteiger charge is 2.24. The number of nitrogens with zero attached hydrogens (tertiary/aromatic N) is 2. The van der Waals surface area contributed by atoms with Gasteiger partial charge in [-0.15, -0.1) is 0 Å². The first-order valence-electron chi connectivity index (χ1n) is 6.74. The van der Waals surface area contributed by atoms with Crippen molar-refractivity contribution in [2.24, 2.45) is 5.73 Å². The molecule has 0 radical (unpaired) electrons. The number of pyridine rings is 1. The third kappa shape index (κ3) is 3.19. The number of aromatic nitrogens is 1. The molecule has 0 aliphatic heterocycles. The van der Waals surface area contributed by atoms with E-state index in [9.17, 15) is 0 Å². The van der Waals surface area contributed by atoms with Crippen molar-refractivity contribution >= 4 is 5.82 Å². The van der Waals surface area contributed by atoms with Crippen molar-refractivity contribution in [2.45, 2.75) is 51.1 Å². The van der Waals surface area contributed by atoms with E-state index in [1.54, 1.807) is 0 Å². The van der Waals surface area contributed by atoms with Gasteiger partial charge in [-0.05, 0) is 44.2 Å². The molecule has 1 aliphatic rings. The molecule has 0 atom stereocenters. The maximum atomic E-state index is 5.98. The van der Waals surface area contributed by atoms with Gasteiger partial charge in [-0.2, -0.15) is 0 Å². The minimum atomic E-state index is 0.415. The van der Waals surface area contributed by atoms with Crippen LogP contribution in [-0.2, 0) is 0 Å². The Morgan fingerprint density at radius 1 is 1.29 bits per heavy atom. The fourth-order valence-electron chi connectivity index (χ4n) is 2.66. The lowest BCUT2D eigenvalue weighted by molar-refractivity contribution is 0.374. The molecule has 0 bridgehead atoms. The molecular formula is C14H23N3. The lowest BCUT2D eigenvalue weighted by Crippen LogP contribution is -2.41. The molecule has 1 fully saturated rings. The van der Waals surface area contributed by atoms with Gasteiger partial charge in [0.25, 0.3) is 0 Å². The highest BCUT2D eigenvalue weighted by atomic mass is 15.2. The Balaban J connectivity index is 2.07. The summed E-state index contributed by atoms with van der Waals surface area (Å²) in [6.45, 7) is 3.32. The van der Waals surface area contributed by atoms with Gasteiger partial charge in [-0.1, -0.05) is 13.0 Å². The predicted octanol–water partition coefficient (Wildman–Crippen LogP) is 2.57. The van der Waals surface area contributed by atoms with Crippen molar-refractivity contribution in [1.82, 2.24) is 4.98 Å². The maximum Gasteiger partial charge on any atom is 0.128 e. The predicted molar refractivity (Wildman–Crippen MR) is 72.1 cm³/mol. The van der Waals surface area contributed by atoms with Gasteiger partial charge in [0.15, 0.2) is 0 Å². The van der Waals surface area contributed by atoms with Crippen LogP contribution >= 0.6 is 0 Å². The Morgan fingerprint density at radius 2 is 2.06 bits per heavy atom. The molecule has 1 aromatic heterocycles. The molecule has 1 heterocycles.